The Morgan fingerprint density at radius 3 is 2.25 bits per heavy atom. The molecule has 6 nitrogen and oxygen atoms in total. The molecular weight excluding hydrogens is 448 g/mol. The molecule has 2 unspecified atom stereocenters. The van der Waals surface area contributed by atoms with Gasteiger partial charge in [-0.25, -0.2) is 0 Å². The normalized spacial score (nSPS) is 18.6. The lowest BCUT2D eigenvalue weighted by Crippen LogP contribution is -2.60. The predicted molar refractivity (Wildman–Crippen MR) is 148 cm³/mol. The Morgan fingerprint density at radius 2 is 1.67 bits per heavy atom. The lowest BCUT2D eigenvalue weighted by Gasteiger charge is -2.49. The van der Waals surface area contributed by atoms with E-state index >= 15 is 0 Å². The summed E-state index contributed by atoms with van der Waals surface area (Å²) in [5.41, 5.74) is 13.8. The third-order valence-corrected chi connectivity index (χ3v) is 7.41. The number of nitrogens with zero attached hydrogens (tertiary/aromatic N) is 2. The second-order valence-electron chi connectivity index (χ2n) is 11.0. The lowest BCUT2D eigenvalue weighted by molar-refractivity contribution is -0.141. The Morgan fingerprint density at radius 1 is 1.00 bits per heavy atom. The molecule has 6 heteroatoms. The van der Waals surface area contributed by atoms with Gasteiger partial charge in [-0.15, -0.1) is 0 Å². The fourth-order valence-corrected chi connectivity index (χ4v) is 5.30. The van der Waals surface area contributed by atoms with Crippen molar-refractivity contribution in [2.75, 3.05) is 39.3 Å². The second-order valence-corrected chi connectivity index (χ2v) is 11.0. The molecule has 1 aliphatic rings. The molecule has 0 aliphatic carbocycles. The zero-order valence-electron chi connectivity index (χ0n) is 22.7. The van der Waals surface area contributed by atoms with Crippen molar-refractivity contribution in [2.45, 2.75) is 59.0 Å². The molecule has 4 N–H and O–H groups in total. The Kier molecular flexibility index (Phi) is 10.3. The molecule has 0 aromatic heterocycles. The van der Waals surface area contributed by atoms with Crippen LogP contribution in [0.5, 0.6) is 5.75 Å². The maximum atomic E-state index is 13.5. The van der Waals surface area contributed by atoms with Gasteiger partial charge in [0.05, 0.1) is 6.04 Å². The van der Waals surface area contributed by atoms with Crippen LogP contribution in [0.25, 0.3) is 0 Å². The van der Waals surface area contributed by atoms with Crippen LogP contribution >= 0.6 is 0 Å². The van der Waals surface area contributed by atoms with Gasteiger partial charge in [0.25, 0.3) is 0 Å². The molecule has 2 aromatic carbocycles. The van der Waals surface area contributed by atoms with E-state index in [2.05, 4.69) is 80.0 Å². The molecule has 3 rings (SSSR count). The fourth-order valence-electron chi connectivity index (χ4n) is 5.30. The first-order chi connectivity index (χ1) is 17.3. The molecule has 2 aromatic rings. The van der Waals surface area contributed by atoms with E-state index in [0.717, 1.165) is 38.2 Å². The number of hydrogen-bond donors (Lipinski definition) is 2. The smallest absolute Gasteiger partial charge is 0.223 e. The Hall–Kier alpha value is -2.41. The zero-order valence-corrected chi connectivity index (χ0v) is 22.7. The Bertz CT molecular complexity index is 926. The first kappa shape index (κ1) is 28.2. The highest BCUT2D eigenvalue weighted by molar-refractivity contribution is 5.77. The molecule has 0 saturated carbocycles. The van der Waals surface area contributed by atoms with Crippen molar-refractivity contribution in [1.82, 2.24) is 9.80 Å². The summed E-state index contributed by atoms with van der Waals surface area (Å²) in [6, 6.07) is 19.3. The van der Waals surface area contributed by atoms with Crippen LogP contribution in [0.1, 0.15) is 64.1 Å². The van der Waals surface area contributed by atoms with Crippen molar-refractivity contribution < 1.29 is 9.53 Å². The average Bonchev–Trinajstić information content (AvgIpc) is 2.88. The van der Waals surface area contributed by atoms with Gasteiger partial charge in [0.1, 0.15) is 12.4 Å². The predicted octanol–water partition coefficient (Wildman–Crippen LogP) is 4.44. The van der Waals surface area contributed by atoms with Gasteiger partial charge in [-0.1, -0.05) is 76.6 Å². The number of amides is 1. The van der Waals surface area contributed by atoms with E-state index in [1.807, 2.05) is 12.1 Å². The van der Waals surface area contributed by atoms with E-state index < -0.39 is 0 Å². The first-order valence-electron chi connectivity index (χ1n) is 13.5. The molecule has 0 bridgehead atoms. The lowest BCUT2D eigenvalue weighted by atomic mass is 9.82. The molecular formula is C30H46N4O2. The van der Waals surface area contributed by atoms with Gasteiger partial charge in [0.15, 0.2) is 0 Å². The number of carbonyl (C=O) groups is 1. The number of benzene rings is 2. The third kappa shape index (κ3) is 7.31. The van der Waals surface area contributed by atoms with Gasteiger partial charge in [-0.05, 0) is 47.6 Å². The summed E-state index contributed by atoms with van der Waals surface area (Å²) >= 11 is 0. The minimum atomic E-state index is -0.0366. The molecule has 1 heterocycles. The second kappa shape index (κ2) is 13.2. The summed E-state index contributed by atoms with van der Waals surface area (Å²) in [6.45, 7) is 12.9. The van der Waals surface area contributed by atoms with E-state index in [1.165, 1.54) is 11.1 Å². The molecule has 1 aliphatic heterocycles. The number of hydrogen-bond acceptors (Lipinski definition) is 5. The average molecular weight is 495 g/mol. The summed E-state index contributed by atoms with van der Waals surface area (Å²) in [5, 5.41) is 0. The van der Waals surface area contributed by atoms with Crippen molar-refractivity contribution in [2.24, 2.45) is 22.8 Å². The molecule has 0 spiro atoms. The van der Waals surface area contributed by atoms with Crippen LogP contribution in [-0.2, 0) is 4.79 Å². The first-order valence-corrected chi connectivity index (χ1v) is 13.5. The molecule has 198 valence electrons. The van der Waals surface area contributed by atoms with Crippen LogP contribution in [0.3, 0.4) is 0 Å². The van der Waals surface area contributed by atoms with E-state index in [0.29, 0.717) is 32.0 Å². The van der Waals surface area contributed by atoms with Crippen molar-refractivity contribution in [3.8, 4) is 5.75 Å². The van der Waals surface area contributed by atoms with E-state index in [-0.39, 0.29) is 23.4 Å². The highest BCUT2D eigenvalue weighted by atomic mass is 16.5. The van der Waals surface area contributed by atoms with Gasteiger partial charge < -0.3 is 21.1 Å². The number of ether oxygens (including phenoxy) is 1. The number of nitrogens with two attached hydrogens (primary N) is 2. The van der Waals surface area contributed by atoms with E-state index in [1.54, 1.807) is 0 Å². The zero-order chi connectivity index (χ0) is 26.1. The number of carbonyl (C=O) groups excluding carboxylic acids is 1. The monoisotopic (exact) mass is 494 g/mol. The van der Waals surface area contributed by atoms with Gasteiger partial charge in [-0.2, -0.15) is 0 Å². The minimum absolute atomic E-state index is 0.0366. The molecule has 0 radical (unpaired) electrons. The molecule has 36 heavy (non-hydrogen) atoms. The van der Waals surface area contributed by atoms with Gasteiger partial charge in [0.2, 0.25) is 5.91 Å². The molecule has 1 fully saturated rings. The van der Waals surface area contributed by atoms with E-state index in [9.17, 15) is 4.79 Å². The van der Waals surface area contributed by atoms with Crippen molar-refractivity contribution >= 4 is 5.91 Å². The quantitative estimate of drug-likeness (QED) is 0.483. The summed E-state index contributed by atoms with van der Waals surface area (Å²) in [5.74, 6) is 1.47. The molecule has 3 atom stereocenters. The van der Waals surface area contributed by atoms with Crippen LogP contribution in [0.15, 0.2) is 54.6 Å². The summed E-state index contributed by atoms with van der Waals surface area (Å²) in [7, 11) is 0. The van der Waals surface area contributed by atoms with Gasteiger partial charge in [0, 0.05) is 38.6 Å². The van der Waals surface area contributed by atoms with Crippen LogP contribution < -0.4 is 16.2 Å². The Labute approximate surface area is 218 Å². The number of piperazine rings is 1. The van der Waals surface area contributed by atoms with Crippen LogP contribution in [0.2, 0.25) is 0 Å². The van der Waals surface area contributed by atoms with E-state index in [4.69, 9.17) is 16.2 Å². The summed E-state index contributed by atoms with van der Waals surface area (Å²) < 4.78 is 5.71. The molecule has 1 amide bonds. The highest BCUT2D eigenvalue weighted by Gasteiger charge is 2.40. The van der Waals surface area contributed by atoms with Crippen molar-refractivity contribution in [3.63, 3.8) is 0 Å². The topological polar surface area (TPSA) is 84.8 Å². The maximum Gasteiger partial charge on any atom is 0.223 e. The summed E-state index contributed by atoms with van der Waals surface area (Å²) in [4.78, 5) is 18.2. The van der Waals surface area contributed by atoms with Gasteiger partial charge >= 0.3 is 0 Å². The maximum absolute atomic E-state index is 13.5. The minimum Gasteiger partial charge on any atom is -0.492 e. The highest BCUT2D eigenvalue weighted by Crippen LogP contribution is 2.36. The SMILES string of the molecule is CCC(CCN)CC(=O)N1CCN(C(c2ccccc2)c2ccc(OCCN)cc2)C[C@@H]1C(C)(C)C. The number of rotatable bonds is 11. The Balaban J connectivity index is 1.87. The molecule has 1 saturated heterocycles. The van der Waals surface area contributed by atoms with Crippen molar-refractivity contribution in [3.05, 3.63) is 65.7 Å². The van der Waals surface area contributed by atoms with Gasteiger partial charge in [-0.3, -0.25) is 9.69 Å². The summed E-state index contributed by atoms with van der Waals surface area (Å²) in [6.07, 6.45) is 2.49. The van der Waals surface area contributed by atoms with Crippen LogP contribution in [0.4, 0.5) is 0 Å². The van der Waals surface area contributed by atoms with Crippen LogP contribution in [-0.4, -0.2) is 61.1 Å². The standard InChI is InChI=1S/C30H46N4O2/c1-5-23(15-16-31)21-28(35)34-19-18-33(22-27(34)30(2,3)4)29(24-9-7-6-8-10-24)25-11-13-26(14-12-25)36-20-17-32/h6-14,23,27,29H,5,15-22,31-32H2,1-4H3/t23?,27-,29?/m1/s1. The third-order valence-electron chi connectivity index (χ3n) is 7.41. The fraction of sp³-hybridized carbons (Fsp3) is 0.567. The largest absolute Gasteiger partial charge is 0.492 e. The van der Waals surface area contributed by atoms with Crippen molar-refractivity contribution in [1.29, 1.82) is 0 Å². The van der Waals surface area contributed by atoms with Crippen LogP contribution in [0, 0.1) is 11.3 Å².